The molecule has 0 unspecified atom stereocenters. The predicted molar refractivity (Wildman–Crippen MR) is 59.4 cm³/mol. The lowest BCUT2D eigenvalue weighted by Gasteiger charge is -2.05. The van der Waals surface area contributed by atoms with Gasteiger partial charge in [-0.2, -0.15) is 5.10 Å². The fraction of sp³-hybridized carbons (Fsp3) is 0.200. The maximum Gasteiger partial charge on any atom is 0.128 e. The average Bonchev–Trinajstić information content (AvgIpc) is 2.71. The largest absolute Gasteiger partial charge is 0.399 e. The fourth-order valence-electron chi connectivity index (χ4n) is 1.27. The molecule has 2 aromatic heterocycles. The normalized spacial score (nSPS) is 10.1. The minimum absolute atomic E-state index is 0.714. The highest BCUT2D eigenvalue weighted by Gasteiger charge is 1.94. The van der Waals surface area contributed by atoms with Crippen molar-refractivity contribution in [1.82, 2.24) is 14.8 Å². The molecule has 0 saturated heterocycles. The van der Waals surface area contributed by atoms with Crippen LogP contribution in [0.3, 0.4) is 0 Å². The monoisotopic (exact) mass is 203 g/mol. The molecule has 15 heavy (non-hydrogen) atoms. The van der Waals surface area contributed by atoms with Gasteiger partial charge in [-0.05, 0) is 12.1 Å². The van der Waals surface area contributed by atoms with Crippen molar-refractivity contribution in [2.75, 3.05) is 17.6 Å². The van der Waals surface area contributed by atoms with Crippen molar-refractivity contribution in [2.45, 2.75) is 6.54 Å². The van der Waals surface area contributed by atoms with Gasteiger partial charge in [-0.25, -0.2) is 4.98 Å². The van der Waals surface area contributed by atoms with Gasteiger partial charge in [0.15, 0.2) is 0 Å². The molecule has 0 aliphatic heterocycles. The highest BCUT2D eigenvalue weighted by molar-refractivity contribution is 5.48. The second kappa shape index (κ2) is 4.45. The predicted octanol–water partition coefficient (Wildman–Crippen LogP) is 0.972. The van der Waals surface area contributed by atoms with Crippen LogP contribution in [-0.4, -0.2) is 21.3 Å². The Morgan fingerprint density at radius 2 is 2.33 bits per heavy atom. The van der Waals surface area contributed by atoms with E-state index in [9.17, 15) is 0 Å². The van der Waals surface area contributed by atoms with Crippen molar-refractivity contribution in [1.29, 1.82) is 0 Å². The summed E-state index contributed by atoms with van der Waals surface area (Å²) in [7, 11) is 0. The lowest BCUT2D eigenvalue weighted by atomic mass is 10.4. The van der Waals surface area contributed by atoms with Crippen LogP contribution in [-0.2, 0) is 6.54 Å². The summed E-state index contributed by atoms with van der Waals surface area (Å²) in [6.07, 6.45) is 5.37. The number of nitrogens with two attached hydrogens (primary N) is 1. The molecule has 0 spiro atoms. The zero-order valence-corrected chi connectivity index (χ0v) is 8.30. The molecule has 0 aliphatic rings. The number of aromatic nitrogens is 3. The van der Waals surface area contributed by atoms with Crippen molar-refractivity contribution < 1.29 is 0 Å². The van der Waals surface area contributed by atoms with Crippen molar-refractivity contribution in [3.05, 3.63) is 36.8 Å². The molecule has 0 fully saturated rings. The van der Waals surface area contributed by atoms with E-state index in [0.717, 1.165) is 18.9 Å². The van der Waals surface area contributed by atoms with E-state index in [0.29, 0.717) is 5.69 Å². The number of nitrogens with zero attached hydrogens (tertiary/aromatic N) is 3. The minimum Gasteiger partial charge on any atom is -0.399 e. The van der Waals surface area contributed by atoms with Crippen LogP contribution in [0.15, 0.2) is 36.8 Å². The number of hydrogen-bond acceptors (Lipinski definition) is 4. The molecule has 0 atom stereocenters. The van der Waals surface area contributed by atoms with E-state index in [1.165, 1.54) is 0 Å². The molecule has 5 nitrogen and oxygen atoms in total. The summed E-state index contributed by atoms with van der Waals surface area (Å²) in [5.74, 6) is 0.794. The Morgan fingerprint density at radius 1 is 1.40 bits per heavy atom. The number of nitrogens with one attached hydrogen (secondary N) is 1. The van der Waals surface area contributed by atoms with Gasteiger partial charge in [-0.1, -0.05) is 0 Å². The molecule has 0 aliphatic carbocycles. The van der Waals surface area contributed by atoms with Crippen molar-refractivity contribution in [3.63, 3.8) is 0 Å². The van der Waals surface area contributed by atoms with Crippen LogP contribution < -0.4 is 11.1 Å². The lowest BCUT2D eigenvalue weighted by molar-refractivity contribution is 0.637. The molecule has 2 aromatic rings. The molecule has 0 radical (unpaired) electrons. The number of anilines is 2. The standard InChI is InChI=1S/C10H13N5/c11-9-2-4-12-10(8-9)13-5-7-15-6-1-3-14-15/h1-4,6,8H,5,7H2,(H3,11,12,13). The van der Waals surface area contributed by atoms with Gasteiger partial charge in [0.25, 0.3) is 0 Å². The first-order chi connectivity index (χ1) is 7.34. The van der Waals surface area contributed by atoms with E-state index in [-0.39, 0.29) is 0 Å². The zero-order chi connectivity index (χ0) is 10.5. The molecule has 2 heterocycles. The van der Waals surface area contributed by atoms with E-state index in [4.69, 9.17) is 5.73 Å². The lowest BCUT2D eigenvalue weighted by Crippen LogP contribution is -2.11. The Morgan fingerprint density at radius 3 is 3.07 bits per heavy atom. The molecule has 5 heteroatoms. The van der Waals surface area contributed by atoms with Gasteiger partial charge in [0.1, 0.15) is 5.82 Å². The third-order valence-electron chi connectivity index (χ3n) is 1.99. The molecule has 78 valence electrons. The van der Waals surface area contributed by atoms with Gasteiger partial charge in [-0.15, -0.1) is 0 Å². The number of hydrogen-bond donors (Lipinski definition) is 2. The first-order valence-corrected chi connectivity index (χ1v) is 4.77. The maximum absolute atomic E-state index is 5.63. The summed E-state index contributed by atoms with van der Waals surface area (Å²) in [6.45, 7) is 1.58. The Bertz CT molecular complexity index is 410. The first kappa shape index (κ1) is 9.51. The SMILES string of the molecule is Nc1ccnc(NCCn2cccn2)c1. The Kier molecular flexibility index (Phi) is 2.82. The Balaban J connectivity index is 1.83. The molecule has 0 aromatic carbocycles. The molecule has 0 amide bonds. The summed E-state index contributed by atoms with van der Waals surface area (Å²) in [5.41, 5.74) is 6.34. The number of pyridine rings is 1. The van der Waals surface area contributed by atoms with E-state index in [2.05, 4.69) is 15.4 Å². The van der Waals surface area contributed by atoms with Gasteiger partial charge in [0.05, 0.1) is 6.54 Å². The third-order valence-corrected chi connectivity index (χ3v) is 1.99. The van der Waals surface area contributed by atoms with Gasteiger partial charge < -0.3 is 11.1 Å². The van der Waals surface area contributed by atoms with Crippen molar-refractivity contribution in [2.24, 2.45) is 0 Å². The average molecular weight is 203 g/mol. The molecule has 3 N–H and O–H groups in total. The topological polar surface area (TPSA) is 68.8 Å². The van der Waals surface area contributed by atoms with Crippen LogP contribution in [0.4, 0.5) is 11.5 Å². The molecule has 0 saturated carbocycles. The highest BCUT2D eigenvalue weighted by atomic mass is 15.3. The second-order valence-corrected chi connectivity index (χ2v) is 3.17. The first-order valence-electron chi connectivity index (χ1n) is 4.77. The van der Waals surface area contributed by atoms with Gasteiger partial charge >= 0.3 is 0 Å². The smallest absolute Gasteiger partial charge is 0.128 e. The van der Waals surface area contributed by atoms with Gasteiger partial charge in [0.2, 0.25) is 0 Å². The quantitative estimate of drug-likeness (QED) is 0.777. The minimum atomic E-state index is 0.714. The molecule has 0 bridgehead atoms. The van der Waals surface area contributed by atoms with E-state index < -0.39 is 0 Å². The highest BCUT2D eigenvalue weighted by Crippen LogP contribution is 2.06. The summed E-state index contributed by atoms with van der Waals surface area (Å²) in [4.78, 5) is 4.14. The number of rotatable bonds is 4. The summed E-state index contributed by atoms with van der Waals surface area (Å²) in [5, 5.41) is 7.27. The summed E-state index contributed by atoms with van der Waals surface area (Å²) < 4.78 is 1.86. The van der Waals surface area contributed by atoms with Crippen LogP contribution >= 0.6 is 0 Å². The van der Waals surface area contributed by atoms with Gasteiger partial charge in [0, 0.05) is 36.9 Å². The van der Waals surface area contributed by atoms with E-state index in [1.807, 2.05) is 23.0 Å². The summed E-state index contributed by atoms with van der Waals surface area (Å²) >= 11 is 0. The summed E-state index contributed by atoms with van der Waals surface area (Å²) in [6, 6.07) is 5.47. The second-order valence-electron chi connectivity index (χ2n) is 3.17. The van der Waals surface area contributed by atoms with Crippen LogP contribution in [0.2, 0.25) is 0 Å². The molecular weight excluding hydrogens is 190 g/mol. The van der Waals surface area contributed by atoms with Crippen LogP contribution in [0.1, 0.15) is 0 Å². The van der Waals surface area contributed by atoms with Crippen molar-refractivity contribution in [3.8, 4) is 0 Å². The van der Waals surface area contributed by atoms with E-state index >= 15 is 0 Å². The number of nitrogen functional groups attached to an aromatic ring is 1. The van der Waals surface area contributed by atoms with Crippen LogP contribution in [0, 0.1) is 0 Å². The third kappa shape index (κ3) is 2.70. The molecular formula is C10H13N5. The zero-order valence-electron chi connectivity index (χ0n) is 8.30. The van der Waals surface area contributed by atoms with Gasteiger partial charge in [-0.3, -0.25) is 4.68 Å². The Labute approximate surface area is 87.9 Å². The Hall–Kier alpha value is -2.04. The van der Waals surface area contributed by atoms with Crippen LogP contribution in [0.25, 0.3) is 0 Å². The van der Waals surface area contributed by atoms with E-state index in [1.54, 1.807) is 18.5 Å². The molecule has 2 rings (SSSR count). The van der Waals surface area contributed by atoms with Crippen LogP contribution in [0.5, 0.6) is 0 Å². The maximum atomic E-state index is 5.63. The fourth-order valence-corrected chi connectivity index (χ4v) is 1.27. The van der Waals surface area contributed by atoms with Crippen molar-refractivity contribution >= 4 is 11.5 Å².